The van der Waals surface area contributed by atoms with Crippen molar-refractivity contribution in [1.82, 2.24) is 9.80 Å². The van der Waals surface area contributed by atoms with Gasteiger partial charge in [0.1, 0.15) is 0 Å². The largest absolute Gasteiger partial charge is 0.493 e. The molecule has 1 unspecified atom stereocenters. The normalized spacial score (nSPS) is 16.0. The second-order valence-corrected chi connectivity index (χ2v) is 8.23. The van der Waals surface area contributed by atoms with Crippen molar-refractivity contribution < 1.29 is 19.1 Å². The van der Waals surface area contributed by atoms with Crippen LogP contribution in [0.15, 0.2) is 48.5 Å². The highest BCUT2D eigenvalue weighted by Crippen LogP contribution is 2.28. The molecule has 166 valence electrons. The van der Waals surface area contributed by atoms with Crippen molar-refractivity contribution in [3.63, 3.8) is 0 Å². The van der Waals surface area contributed by atoms with Crippen LogP contribution >= 0.6 is 0 Å². The molecule has 0 radical (unpaired) electrons. The van der Waals surface area contributed by atoms with Crippen LogP contribution in [0.25, 0.3) is 0 Å². The van der Waals surface area contributed by atoms with E-state index in [0.717, 1.165) is 11.1 Å². The Morgan fingerprint density at radius 2 is 1.77 bits per heavy atom. The van der Waals surface area contributed by atoms with Crippen molar-refractivity contribution in [2.24, 2.45) is 5.92 Å². The van der Waals surface area contributed by atoms with Crippen LogP contribution in [0.5, 0.6) is 11.5 Å². The lowest BCUT2D eigenvalue weighted by Gasteiger charge is -2.29. The van der Waals surface area contributed by atoms with Crippen molar-refractivity contribution in [2.75, 3.05) is 27.3 Å². The summed E-state index contributed by atoms with van der Waals surface area (Å²) in [6, 6.07) is 15.8. The summed E-state index contributed by atoms with van der Waals surface area (Å²) in [4.78, 5) is 29.5. The molecule has 1 fully saturated rings. The van der Waals surface area contributed by atoms with E-state index in [1.165, 1.54) is 0 Å². The monoisotopic (exact) mass is 424 g/mol. The van der Waals surface area contributed by atoms with Crippen LogP contribution in [0.2, 0.25) is 0 Å². The first kappa shape index (κ1) is 22.7. The zero-order valence-electron chi connectivity index (χ0n) is 18.8. The van der Waals surface area contributed by atoms with E-state index in [1.54, 1.807) is 19.1 Å². The maximum absolute atomic E-state index is 13.2. The molecule has 1 heterocycles. The predicted molar refractivity (Wildman–Crippen MR) is 120 cm³/mol. The fourth-order valence-electron chi connectivity index (χ4n) is 3.98. The zero-order chi connectivity index (χ0) is 22.4. The zero-order valence-corrected chi connectivity index (χ0v) is 18.8. The summed E-state index contributed by atoms with van der Waals surface area (Å²) in [6.07, 6.45) is 0.980. The van der Waals surface area contributed by atoms with Gasteiger partial charge in [0.05, 0.1) is 20.1 Å². The number of rotatable bonds is 9. The van der Waals surface area contributed by atoms with Crippen LogP contribution < -0.4 is 9.47 Å². The van der Waals surface area contributed by atoms with E-state index in [4.69, 9.17) is 9.47 Å². The molecule has 0 aliphatic carbocycles. The number of methoxy groups -OCH3 is 2. The van der Waals surface area contributed by atoms with Crippen molar-refractivity contribution >= 4 is 11.8 Å². The third kappa shape index (κ3) is 5.57. The molecule has 1 saturated heterocycles. The van der Waals surface area contributed by atoms with Gasteiger partial charge < -0.3 is 19.3 Å². The number of likely N-dealkylation sites (tertiary alicyclic amines) is 1. The second kappa shape index (κ2) is 10.3. The van der Waals surface area contributed by atoms with E-state index < -0.39 is 0 Å². The van der Waals surface area contributed by atoms with Gasteiger partial charge >= 0.3 is 0 Å². The van der Waals surface area contributed by atoms with E-state index in [-0.39, 0.29) is 30.2 Å². The van der Waals surface area contributed by atoms with Crippen LogP contribution in [-0.4, -0.2) is 55.0 Å². The lowest BCUT2D eigenvalue weighted by atomic mass is 10.1. The molecule has 2 aromatic rings. The number of ether oxygens (including phenoxy) is 2. The van der Waals surface area contributed by atoms with Crippen LogP contribution in [0, 0.1) is 5.92 Å². The van der Waals surface area contributed by atoms with Crippen LogP contribution in [0.4, 0.5) is 0 Å². The summed E-state index contributed by atoms with van der Waals surface area (Å²) >= 11 is 0. The SMILES string of the molecule is COc1ccc(CCN2CC(C(=O)N(Cc3ccccc3)C(C)C)CC2=O)cc1OC. The molecule has 1 atom stereocenters. The molecule has 0 saturated carbocycles. The lowest BCUT2D eigenvalue weighted by molar-refractivity contribution is -0.138. The van der Waals surface area contributed by atoms with Crippen LogP contribution in [-0.2, 0) is 22.6 Å². The number of amides is 2. The number of hydrogen-bond acceptors (Lipinski definition) is 4. The molecule has 6 heteroatoms. The van der Waals surface area contributed by atoms with Gasteiger partial charge in [-0.3, -0.25) is 9.59 Å². The first-order chi connectivity index (χ1) is 14.9. The topological polar surface area (TPSA) is 59.1 Å². The van der Waals surface area contributed by atoms with E-state index in [1.807, 2.05) is 67.3 Å². The minimum atomic E-state index is -0.288. The number of carbonyl (C=O) groups excluding carboxylic acids is 2. The summed E-state index contributed by atoms with van der Waals surface area (Å²) in [5, 5.41) is 0. The highest BCUT2D eigenvalue weighted by molar-refractivity contribution is 5.89. The standard InChI is InChI=1S/C25H32N2O4/c1-18(2)27(16-20-8-6-5-7-9-20)25(29)21-15-24(28)26(17-21)13-12-19-10-11-22(30-3)23(14-19)31-4/h5-11,14,18,21H,12-13,15-17H2,1-4H3. The fourth-order valence-corrected chi connectivity index (χ4v) is 3.98. The van der Waals surface area contributed by atoms with Crippen molar-refractivity contribution in [3.05, 3.63) is 59.7 Å². The minimum absolute atomic E-state index is 0.0437. The van der Waals surface area contributed by atoms with Gasteiger partial charge in [0.2, 0.25) is 11.8 Å². The number of nitrogens with zero attached hydrogens (tertiary/aromatic N) is 2. The lowest BCUT2D eigenvalue weighted by Crippen LogP contribution is -2.41. The fraction of sp³-hybridized carbons (Fsp3) is 0.440. The average molecular weight is 425 g/mol. The van der Waals surface area contributed by atoms with E-state index in [0.29, 0.717) is 37.6 Å². The molecule has 1 aliphatic rings. The highest BCUT2D eigenvalue weighted by atomic mass is 16.5. The van der Waals surface area contributed by atoms with Gasteiger partial charge in [-0.15, -0.1) is 0 Å². The third-order valence-corrected chi connectivity index (χ3v) is 5.78. The maximum Gasteiger partial charge on any atom is 0.228 e. The Kier molecular flexibility index (Phi) is 7.55. The number of hydrogen-bond donors (Lipinski definition) is 0. The second-order valence-electron chi connectivity index (χ2n) is 8.23. The molecule has 6 nitrogen and oxygen atoms in total. The van der Waals surface area contributed by atoms with E-state index in [9.17, 15) is 9.59 Å². The Morgan fingerprint density at radius 1 is 1.06 bits per heavy atom. The van der Waals surface area contributed by atoms with E-state index in [2.05, 4.69) is 0 Å². The summed E-state index contributed by atoms with van der Waals surface area (Å²) in [6.45, 7) is 5.66. The molecule has 3 rings (SSSR count). The Morgan fingerprint density at radius 3 is 2.42 bits per heavy atom. The first-order valence-corrected chi connectivity index (χ1v) is 10.8. The summed E-state index contributed by atoms with van der Waals surface area (Å²) in [5.74, 6) is 1.17. The van der Waals surface area contributed by atoms with Gasteiger partial charge in [-0.05, 0) is 43.5 Å². The Hall–Kier alpha value is -3.02. The Balaban J connectivity index is 1.61. The molecular weight excluding hydrogens is 392 g/mol. The van der Waals surface area contributed by atoms with Crippen LogP contribution in [0.1, 0.15) is 31.4 Å². The highest BCUT2D eigenvalue weighted by Gasteiger charge is 2.36. The molecule has 2 aromatic carbocycles. The van der Waals surface area contributed by atoms with Crippen molar-refractivity contribution in [3.8, 4) is 11.5 Å². The summed E-state index contributed by atoms with van der Waals surface area (Å²) < 4.78 is 10.6. The Labute approximate surface area is 184 Å². The first-order valence-electron chi connectivity index (χ1n) is 10.8. The molecular formula is C25H32N2O4. The quantitative estimate of drug-likeness (QED) is 0.618. The van der Waals surface area contributed by atoms with Crippen molar-refractivity contribution in [2.45, 2.75) is 39.3 Å². The van der Waals surface area contributed by atoms with E-state index >= 15 is 0 Å². The van der Waals surface area contributed by atoms with Gasteiger partial charge in [0, 0.05) is 32.1 Å². The van der Waals surface area contributed by atoms with Gasteiger partial charge in [-0.1, -0.05) is 36.4 Å². The minimum Gasteiger partial charge on any atom is -0.493 e. The predicted octanol–water partition coefficient (Wildman–Crippen LogP) is 3.53. The van der Waals surface area contributed by atoms with Gasteiger partial charge in [0.25, 0.3) is 0 Å². The van der Waals surface area contributed by atoms with Gasteiger partial charge in [0.15, 0.2) is 11.5 Å². The summed E-state index contributed by atoms with van der Waals surface area (Å²) in [5.41, 5.74) is 2.16. The van der Waals surface area contributed by atoms with Crippen molar-refractivity contribution in [1.29, 1.82) is 0 Å². The molecule has 31 heavy (non-hydrogen) atoms. The molecule has 0 N–H and O–H groups in total. The maximum atomic E-state index is 13.2. The molecule has 2 amide bonds. The third-order valence-electron chi connectivity index (χ3n) is 5.78. The molecule has 1 aliphatic heterocycles. The smallest absolute Gasteiger partial charge is 0.228 e. The van der Waals surface area contributed by atoms with Gasteiger partial charge in [-0.25, -0.2) is 0 Å². The molecule has 0 bridgehead atoms. The molecule has 0 aromatic heterocycles. The Bertz CT molecular complexity index is 898. The van der Waals surface area contributed by atoms with Gasteiger partial charge in [-0.2, -0.15) is 0 Å². The van der Waals surface area contributed by atoms with Crippen LogP contribution in [0.3, 0.4) is 0 Å². The summed E-state index contributed by atoms with van der Waals surface area (Å²) in [7, 11) is 3.22. The number of benzene rings is 2. The molecule has 0 spiro atoms. The number of carbonyl (C=O) groups is 2. The average Bonchev–Trinajstić information content (AvgIpc) is 3.16.